The van der Waals surface area contributed by atoms with E-state index in [1.807, 2.05) is 0 Å². The molecule has 1 heterocycles. The fourth-order valence-electron chi connectivity index (χ4n) is 1.62. The highest BCUT2D eigenvalue weighted by atomic mass is 19.4. The third-order valence-corrected chi connectivity index (χ3v) is 2.89. The van der Waals surface area contributed by atoms with Crippen molar-refractivity contribution in [3.8, 4) is 0 Å². The number of carboxylic acids is 1. The number of hydrogen-bond donors (Lipinski definition) is 2. The Bertz CT molecular complexity index is 263. The van der Waals surface area contributed by atoms with E-state index < -0.39 is 30.7 Å². The first-order valence-electron chi connectivity index (χ1n) is 4.91. The molecule has 2 atom stereocenters. The molecule has 0 amide bonds. The summed E-state index contributed by atoms with van der Waals surface area (Å²) in [6.45, 7) is 1.64. The predicted octanol–water partition coefficient (Wildman–Crippen LogP) is 0.562. The molecule has 1 rings (SSSR count). The molecule has 1 aliphatic rings. The van der Waals surface area contributed by atoms with Crippen molar-refractivity contribution < 1.29 is 28.2 Å². The van der Waals surface area contributed by atoms with Gasteiger partial charge in [-0.3, -0.25) is 9.69 Å². The van der Waals surface area contributed by atoms with Crippen molar-refractivity contribution in [2.45, 2.75) is 19.2 Å². The molecule has 0 spiro atoms. The van der Waals surface area contributed by atoms with Crippen LogP contribution in [-0.2, 0) is 4.79 Å². The fourth-order valence-corrected chi connectivity index (χ4v) is 1.62. The van der Waals surface area contributed by atoms with E-state index >= 15 is 0 Å². The Hall–Kier alpha value is -0.820. The molecule has 0 aliphatic carbocycles. The van der Waals surface area contributed by atoms with Crippen LogP contribution in [0.4, 0.5) is 13.2 Å². The van der Waals surface area contributed by atoms with Gasteiger partial charge in [-0.1, -0.05) is 6.92 Å². The van der Waals surface area contributed by atoms with Crippen LogP contribution in [0.25, 0.3) is 0 Å². The Morgan fingerprint density at radius 2 is 2.00 bits per heavy atom. The third kappa shape index (κ3) is 3.08. The van der Waals surface area contributed by atoms with Gasteiger partial charge in [0.2, 0.25) is 0 Å². The molecule has 2 unspecified atom stereocenters. The largest absolute Gasteiger partial charge is 0.481 e. The highest BCUT2D eigenvalue weighted by molar-refractivity contribution is 5.70. The molecule has 4 nitrogen and oxygen atoms in total. The molecule has 0 aromatic heterocycles. The summed E-state index contributed by atoms with van der Waals surface area (Å²) in [6, 6.07) is 0. The number of aliphatic hydroxyl groups is 1. The summed E-state index contributed by atoms with van der Waals surface area (Å²) in [4.78, 5) is 12.0. The number of aliphatic hydroxyl groups excluding tert-OH is 1. The summed E-state index contributed by atoms with van der Waals surface area (Å²) < 4.78 is 35.9. The molecule has 0 saturated carbocycles. The molecule has 0 aromatic rings. The van der Waals surface area contributed by atoms with Crippen LogP contribution in [0.2, 0.25) is 0 Å². The van der Waals surface area contributed by atoms with E-state index in [0.29, 0.717) is 13.1 Å². The minimum Gasteiger partial charge on any atom is -0.481 e. The van der Waals surface area contributed by atoms with Gasteiger partial charge in [0.25, 0.3) is 0 Å². The van der Waals surface area contributed by atoms with Gasteiger partial charge >= 0.3 is 12.1 Å². The first kappa shape index (κ1) is 13.2. The van der Waals surface area contributed by atoms with Crippen LogP contribution >= 0.6 is 0 Å². The summed E-state index contributed by atoms with van der Waals surface area (Å²) in [5.74, 6) is -1.63. The molecule has 16 heavy (non-hydrogen) atoms. The van der Waals surface area contributed by atoms with Crippen LogP contribution in [0.5, 0.6) is 0 Å². The maximum atomic E-state index is 12.0. The van der Waals surface area contributed by atoms with Crippen LogP contribution in [0.3, 0.4) is 0 Å². The third-order valence-electron chi connectivity index (χ3n) is 2.89. The van der Waals surface area contributed by atoms with Crippen molar-refractivity contribution in [2.24, 2.45) is 11.8 Å². The maximum Gasteiger partial charge on any atom is 0.415 e. The van der Waals surface area contributed by atoms with E-state index in [9.17, 15) is 18.0 Å². The number of alkyl halides is 3. The van der Waals surface area contributed by atoms with Crippen molar-refractivity contribution in [3.05, 3.63) is 0 Å². The van der Waals surface area contributed by atoms with Gasteiger partial charge in [-0.05, 0) is 5.92 Å². The fraction of sp³-hybridized carbons (Fsp3) is 0.889. The number of hydrogen-bond acceptors (Lipinski definition) is 3. The molecule has 0 bridgehead atoms. The standard InChI is InChI=1S/C9H14F3NO3/c1-5(8(15)16)6-2-13(3-6)4-7(14)9(10,11)12/h5-7,14H,2-4H2,1H3,(H,15,16). The number of likely N-dealkylation sites (tertiary alicyclic amines) is 1. The molecule has 94 valence electrons. The topological polar surface area (TPSA) is 60.8 Å². The molecule has 1 aliphatic heterocycles. The zero-order valence-corrected chi connectivity index (χ0v) is 8.74. The molecule has 2 N–H and O–H groups in total. The van der Waals surface area contributed by atoms with E-state index in [1.165, 1.54) is 11.8 Å². The Kier molecular flexibility index (Phi) is 3.80. The van der Waals surface area contributed by atoms with Gasteiger partial charge in [-0.15, -0.1) is 0 Å². The SMILES string of the molecule is CC(C(=O)O)C1CN(CC(O)C(F)(F)F)C1. The molecular formula is C9H14F3NO3. The smallest absolute Gasteiger partial charge is 0.415 e. The molecule has 0 aromatic carbocycles. The van der Waals surface area contributed by atoms with Crippen LogP contribution in [0, 0.1) is 11.8 Å². The normalized spacial score (nSPS) is 22.6. The van der Waals surface area contributed by atoms with E-state index in [0.717, 1.165) is 0 Å². The average molecular weight is 241 g/mol. The van der Waals surface area contributed by atoms with Gasteiger partial charge in [-0.2, -0.15) is 13.2 Å². The quantitative estimate of drug-likeness (QED) is 0.755. The van der Waals surface area contributed by atoms with Crippen molar-refractivity contribution in [1.29, 1.82) is 0 Å². The second-order valence-corrected chi connectivity index (χ2v) is 4.16. The van der Waals surface area contributed by atoms with Crippen molar-refractivity contribution >= 4 is 5.97 Å². The van der Waals surface area contributed by atoms with Gasteiger partial charge in [0.1, 0.15) is 0 Å². The first-order valence-corrected chi connectivity index (χ1v) is 4.91. The first-order chi connectivity index (χ1) is 7.21. The predicted molar refractivity (Wildman–Crippen MR) is 48.8 cm³/mol. The van der Waals surface area contributed by atoms with Crippen molar-refractivity contribution in [1.82, 2.24) is 4.90 Å². The lowest BCUT2D eigenvalue weighted by Gasteiger charge is -2.42. The minimum atomic E-state index is -4.61. The summed E-state index contributed by atoms with van der Waals surface area (Å²) in [6.07, 6.45) is -6.96. The van der Waals surface area contributed by atoms with Crippen LogP contribution in [0.15, 0.2) is 0 Å². The number of rotatable bonds is 4. The lowest BCUT2D eigenvalue weighted by molar-refractivity contribution is -0.212. The summed E-state index contributed by atoms with van der Waals surface area (Å²) in [5.41, 5.74) is 0. The highest BCUT2D eigenvalue weighted by Gasteiger charge is 2.42. The van der Waals surface area contributed by atoms with Gasteiger partial charge in [0, 0.05) is 19.6 Å². The number of carbonyl (C=O) groups is 1. The second kappa shape index (κ2) is 4.58. The zero-order valence-electron chi connectivity index (χ0n) is 8.74. The van der Waals surface area contributed by atoms with Gasteiger partial charge in [0.05, 0.1) is 5.92 Å². The molecular weight excluding hydrogens is 227 g/mol. The van der Waals surface area contributed by atoms with E-state index in [-0.39, 0.29) is 5.92 Å². The molecule has 1 saturated heterocycles. The molecule has 0 radical (unpaired) electrons. The van der Waals surface area contributed by atoms with E-state index in [1.54, 1.807) is 0 Å². The monoisotopic (exact) mass is 241 g/mol. The van der Waals surface area contributed by atoms with Crippen molar-refractivity contribution in [2.75, 3.05) is 19.6 Å². The number of nitrogens with zero attached hydrogens (tertiary/aromatic N) is 1. The van der Waals surface area contributed by atoms with E-state index in [4.69, 9.17) is 10.2 Å². The van der Waals surface area contributed by atoms with Gasteiger partial charge in [-0.25, -0.2) is 0 Å². The molecule has 1 fully saturated rings. The maximum absolute atomic E-state index is 12.0. The van der Waals surface area contributed by atoms with Gasteiger partial charge < -0.3 is 10.2 Å². The minimum absolute atomic E-state index is 0.127. The van der Waals surface area contributed by atoms with Crippen LogP contribution in [0.1, 0.15) is 6.92 Å². The van der Waals surface area contributed by atoms with Crippen LogP contribution < -0.4 is 0 Å². The Morgan fingerprint density at radius 3 is 2.38 bits per heavy atom. The van der Waals surface area contributed by atoms with Crippen LogP contribution in [-0.4, -0.2) is 53.0 Å². The summed E-state index contributed by atoms with van der Waals surface area (Å²) in [7, 11) is 0. The van der Waals surface area contributed by atoms with E-state index in [2.05, 4.69) is 0 Å². The Labute approximate surface area is 90.7 Å². The highest BCUT2D eigenvalue weighted by Crippen LogP contribution is 2.27. The number of aliphatic carboxylic acids is 1. The zero-order chi connectivity index (χ0) is 12.5. The lowest BCUT2D eigenvalue weighted by atomic mass is 9.87. The molecule has 7 heteroatoms. The number of halogens is 3. The Morgan fingerprint density at radius 1 is 1.50 bits per heavy atom. The second-order valence-electron chi connectivity index (χ2n) is 4.16. The summed E-state index contributed by atoms with van der Waals surface area (Å²) in [5, 5.41) is 17.4. The van der Waals surface area contributed by atoms with Gasteiger partial charge in [0.15, 0.2) is 6.10 Å². The van der Waals surface area contributed by atoms with Crippen molar-refractivity contribution in [3.63, 3.8) is 0 Å². The summed E-state index contributed by atoms with van der Waals surface area (Å²) >= 11 is 0. The number of β-amino-alcohol motifs (C(OH)–C–C–N with tert-alkyl or cyclic N) is 1. The number of carboxylic acid groups (broad SMARTS) is 1. The Balaban J connectivity index is 2.29. The lowest BCUT2D eigenvalue weighted by Crippen LogP contribution is -2.54. The average Bonchev–Trinajstić information content (AvgIpc) is 2.07.